The molecule has 1 unspecified atom stereocenters. The molecular formula is C17H19NO3S2. The predicted molar refractivity (Wildman–Crippen MR) is 94.5 cm³/mol. The van der Waals surface area contributed by atoms with Gasteiger partial charge in [-0.2, -0.15) is 0 Å². The molecule has 2 aromatic rings. The van der Waals surface area contributed by atoms with E-state index in [1.54, 1.807) is 11.8 Å². The monoisotopic (exact) mass is 349 g/mol. The second-order valence-electron chi connectivity index (χ2n) is 5.25. The van der Waals surface area contributed by atoms with Gasteiger partial charge in [0, 0.05) is 9.77 Å². The standard InChI is InChI=1S/C17H19NO3S2/c1-10-8-15(23-11(10)2)17(21)18-14(9-16(19)20)12-4-6-13(22-3)7-5-12/h4-8,14H,9H2,1-3H3,(H,18,21)(H,19,20). The van der Waals surface area contributed by atoms with Crippen LogP contribution in [0.15, 0.2) is 35.2 Å². The fourth-order valence-electron chi connectivity index (χ4n) is 2.18. The molecule has 4 nitrogen and oxygen atoms in total. The molecule has 0 saturated carbocycles. The zero-order valence-corrected chi connectivity index (χ0v) is 14.9. The third-order valence-corrected chi connectivity index (χ3v) is 5.49. The Bertz CT molecular complexity index is 688. The molecule has 0 spiro atoms. The molecule has 6 heteroatoms. The minimum atomic E-state index is -0.942. The van der Waals surface area contributed by atoms with Crippen molar-refractivity contribution < 1.29 is 14.7 Å². The molecule has 2 rings (SSSR count). The summed E-state index contributed by atoms with van der Waals surface area (Å²) in [7, 11) is 0. The average Bonchev–Trinajstić information content (AvgIpc) is 2.86. The van der Waals surface area contributed by atoms with Crippen molar-refractivity contribution in [2.75, 3.05) is 6.26 Å². The minimum Gasteiger partial charge on any atom is -0.481 e. The number of aliphatic carboxylic acids is 1. The van der Waals surface area contributed by atoms with Crippen molar-refractivity contribution in [2.24, 2.45) is 0 Å². The van der Waals surface area contributed by atoms with E-state index in [9.17, 15) is 9.59 Å². The molecule has 0 saturated heterocycles. The van der Waals surface area contributed by atoms with Crippen molar-refractivity contribution in [1.29, 1.82) is 0 Å². The van der Waals surface area contributed by atoms with Gasteiger partial charge in [0.15, 0.2) is 0 Å². The molecule has 0 aliphatic rings. The molecular weight excluding hydrogens is 330 g/mol. The molecule has 0 aliphatic heterocycles. The number of thiophene rings is 1. The fraction of sp³-hybridized carbons (Fsp3) is 0.294. The molecule has 2 N–H and O–H groups in total. The maximum atomic E-state index is 12.4. The number of carboxylic acid groups (broad SMARTS) is 1. The van der Waals surface area contributed by atoms with Crippen molar-refractivity contribution in [1.82, 2.24) is 5.32 Å². The van der Waals surface area contributed by atoms with Crippen LogP contribution in [-0.4, -0.2) is 23.2 Å². The normalized spacial score (nSPS) is 12.0. The van der Waals surface area contributed by atoms with E-state index in [4.69, 9.17) is 5.11 Å². The summed E-state index contributed by atoms with van der Waals surface area (Å²) in [5, 5.41) is 12.0. The largest absolute Gasteiger partial charge is 0.481 e. The molecule has 122 valence electrons. The van der Waals surface area contributed by atoms with Crippen LogP contribution >= 0.6 is 23.1 Å². The van der Waals surface area contributed by atoms with Gasteiger partial charge in [0.2, 0.25) is 0 Å². The van der Waals surface area contributed by atoms with Gasteiger partial charge in [0.05, 0.1) is 17.3 Å². The topological polar surface area (TPSA) is 66.4 Å². The Morgan fingerprint density at radius 2 is 1.91 bits per heavy atom. The molecule has 1 atom stereocenters. The smallest absolute Gasteiger partial charge is 0.305 e. The number of hydrogen-bond acceptors (Lipinski definition) is 4. The lowest BCUT2D eigenvalue weighted by molar-refractivity contribution is -0.137. The number of carbonyl (C=O) groups is 2. The van der Waals surface area contributed by atoms with Gasteiger partial charge in [-0.1, -0.05) is 12.1 Å². The third kappa shape index (κ3) is 4.59. The van der Waals surface area contributed by atoms with Crippen molar-refractivity contribution in [3.63, 3.8) is 0 Å². The Balaban J connectivity index is 2.20. The highest BCUT2D eigenvalue weighted by Crippen LogP contribution is 2.24. The molecule has 23 heavy (non-hydrogen) atoms. The number of amides is 1. The molecule has 0 bridgehead atoms. The molecule has 1 amide bonds. The molecule has 0 radical (unpaired) electrons. The zero-order chi connectivity index (χ0) is 17.0. The second-order valence-corrected chi connectivity index (χ2v) is 7.38. The third-order valence-electron chi connectivity index (χ3n) is 3.59. The summed E-state index contributed by atoms with van der Waals surface area (Å²) in [6.07, 6.45) is 1.83. The molecule has 0 aliphatic carbocycles. The summed E-state index contributed by atoms with van der Waals surface area (Å²) in [5.74, 6) is -1.17. The lowest BCUT2D eigenvalue weighted by Crippen LogP contribution is -2.29. The highest BCUT2D eigenvalue weighted by Gasteiger charge is 2.20. The summed E-state index contributed by atoms with van der Waals surface area (Å²) < 4.78 is 0. The van der Waals surface area contributed by atoms with E-state index in [0.717, 1.165) is 20.9 Å². The molecule has 1 aromatic heterocycles. The van der Waals surface area contributed by atoms with Gasteiger partial charge in [0.25, 0.3) is 5.91 Å². The van der Waals surface area contributed by atoms with E-state index < -0.39 is 12.0 Å². The number of carboxylic acids is 1. The van der Waals surface area contributed by atoms with Gasteiger partial charge in [0.1, 0.15) is 0 Å². The lowest BCUT2D eigenvalue weighted by atomic mass is 10.0. The van der Waals surface area contributed by atoms with Gasteiger partial charge in [-0.15, -0.1) is 23.1 Å². The van der Waals surface area contributed by atoms with Crippen LogP contribution in [0.1, 0.15) is 38.1 Å². The number of rotatable bonds is 6. The number of aryl methyl sites for hydroxylation is 2. The maximum Gasteiger partial charge on any atom is 0.305 e. The Kier molecular flexibility index (Phi) is 5.85. The van der Waals surface area contributed by atoms with Crippen molar-refractivity contribution in [3.8, 4) is 0 Å². The van der Waals surface area contributed by atoms with Crippen molar-refractivity contribution >= 4 is 35.0 Å². The summed E-state index contributed by atoms with van der Waals surface area (Å²) in [6, 6.07) is 8.89. The molecule has 0 fully saturated rings. The maximum absolute atomic E-state index is 12.4. The SMILES string of the molecule is CSc1ccc(C(CC(=O)O)NC(=O)c2cc(C)c(C)s2)cc1. The van der Waals surface area contributed by atoms with E-state index >= 15 is 0 Å². The minimum absolute atomic E-state index is 0.145. The van der Waals surface area contributed by atoms with Gasteiger partial charge >= 0.3 is 5.97 Å². The molecule has 1 heterocycles. The van der Waals surface area contributed by atoms with Gasteiger partial charge < -0.3 is 10.4 Å². The fourth-order valence-corrected chi connectivity index (χ4v) is 3.52. The highest BCUT2D eigenvalue weighted by atomic mass is 32.2. The highest BCUT2D eigenvalue weighted by molar-refractivity contribution is 7.98. The Hall–Kier alpha value is -1.79. The summed E-state index contributed by atoms with van der Waals surface area (Å²) in [4.78, 5) is 26.3. The Labute approximate surface area is 143 Å². The number of carbonyl (C=O) groups excluding carboxylic acids is 1. The second kappa shape index (κ2) is 7.66. The van der Waals surface area contributed by atoms with E-state index in [-0.39, 0.29) is 12.3 Å². The first-order valence-corrected chi connectivity index (χ1v) is 9.18. The van der Waals surface area contributed by atoms with Crippen LogP contribution in [0.3, 0.4) is 0 Å². The van der Waals surface area contributed by atoms with Crippen LogP contribution < -0.4 is 5.32 Å². The first-order chi connectivity index (χ1) is 10.9. The summed E-state index contributed by atoms with van der Waals surface area (Å²) in [6.45, 7) is 3.92. The van der Waals surface area contributed by atoms with Crippen LogP contribution in [0.2, 0.25) is 0 Å². The Morgan fingerprint density at radius 1 is 1.26 bits per heavy atom. The van der Waals surface area contributed by atoms with Crippen LogP contribution in [-0.2, 0) is 4.79 Å². The Morgan fingerprint density at radius 3 is 2.39 bits per heavy atom. The number of nitrogens with one attached hydrogen (secondary N) is 1. The van der Waals surface area contributed by atoms with E-state index in [2.05, 4.69) is 5.32 Å². The van der Waals surface area contributed by atoms with Crippen LogP contribution in [0.25, 0.3) is 0 Å². The zero-order valence-electron chi connectivity index (χ0n) is 13.3. The van der Waals surface area contributed by atoms with Crippen molar-refractivity contribution in [2.45, 2.75) is 31.2 Å². The summed E-state index contributed by atoms with van der Waals surface area (Å²) in [5.41, 5.74) is 1.86. The first-order valence-electron chi connectivity index (χ1n) is 7.14. The van der Waals surface area contributed by atoms with Crippen molar-refractivity contribution in [3.05, 3.63) is 51.2 Å². The summed E-state index contributed by atoms with van der Waals surface area (Å²) >= 11 is 3.04. The van der Waals surface area contributed by atoms with Crippen LogP contribution in [0, 0.1) is 13.8 Å². The average molecular weight is 349 g/mol. The van der Waals surface area contributed by atoms with Crippen LogP contribution in [0.4, 0.5) is 0 Å². The van der Waals surface area contributed by atoms with Crippen LogP contribution in [0.5, 0.6) is 0 Å². The quantitative estimate of drug-likeness (QED) is 0.773. The predicted octanol–water partition coefficient (Wildman–Crippen LogP) is 4.03. The first kappa shape index (κ1) is 17.6. The van der Waals surface area contributed by atoms with E-state index in [0.29, 0.717) is 4.88 Å². The molecule has 1 aromatic carbocycles. The van der Waals surface area contributed by atoms with Gasteiger partial charge in [-0.3, -0.25) is 9.59 Å². The van der Waals surface area contributed by atoms with Gasteiger partial charge in [-0.25, -0.2) is 0 Å². The number of benzene rings is 1. The van der Waals surface area contributed by atoms with E-state index in [1.165, 1.54) is 11.3 Å². The number of thioether (sulfide) groups is 1. The van der Waals surface area contributed by atoms with E-state index in [1.807, 2.05) is 50.4 Å². The lowest BCUT2D eigenvalue weighted by Gasteiger charge is -2.17. The number of hydrogen-bond donors (Lipinski definition) is 2. The van der Waals surface area contributed by atoms with Gasteiger partial charge in [-0.05, 0) is 49.4 Å².